The predicted octanol–water partition coefficient (Wildman–Crippen LogP) is 2.53. The van der Waals surface area contributed by atoms with Crippen LogP contribution in [0.15, 0.2) is 4.99 Å². The quantitative estimate of drug-likeness (QED) is 0.624. The van der Waals surface area contributed by atoms with E-state index in [0.717, 1.165) is 38.6 Å². The highest BCUT2D eigenvalue weighted by atomic mass is 16.5. The van der Waals surface area contributed by atoms with Crippen LogP contribution in [0.3, 0.4) is 0 Å². The Kier molecular flexibility index (Phi) is 4.49. The topological polar surface area (TPSA) is 50.9 Å². The first-order chi connectivity index (χ1) is 9.77. The molecule has 2 N–H and O–H groups in total. The first kappa shape index (κ1) is 14.2. The van der Waals surface area contributed by atoms with E-state index in [4.69, 9.17) is 15.5 Å². The Morgan fingerprint density at radius 1 is 1.15 bits per heavy atom. The van der Waals surface area contributed by atoms with E-state index in [2.05, 4.69) is 4.90 Å². The molecule has 0 bridgehead atoms. The van der Waals surface area contributed by atoms with Gasteiger partial charge in [-0.15, -0.1) is 0 Å². The van der Waals surface area contributed by atoms with E-state index in [0.29, 0.717) is 5.92 Å². The first-order valence-electron chi connectivity index (χ1n) is 8.46. The van der Waals surface area contributed by atoms with Gasteiger partial charge in [0.2, 0.25) is 0 Å². The summed E-state index contributed by atoms with van der Waals surface area (Å²) in [5.41, 5.74) is 6.43. The lowest BCUT2D eigenvalue weighted by Crippen LogP contribution is -2.46. The molecule has 114 valence electrons. The minimum Gasteiger partial charge on any atom is -0.375 e. The zero-order chi connectivity index (χ0) is 13.8. The summed E-state index contributed by atoms with van der Waals surface area (Å²) >= 11 is 0. The number of likely N-dealkylation sites (tertiary alicyclic amines) is 1. The van der Waals surface area contributed by atoms with E-state index in [1.165, 1.54) is 51.4 Å². The molecule has 0 amide bonds. The molecule has 1 atom stereocenters. The first-order valence-corrected chi connectivity index (χ1v) is 8.46. The molecule has 2 aliphatic heterocycles. The Balaban J connectivity index is 1.50. The Bertz CT molecular complexity index is 344. The molecule has 0 aromatic heterocycles. The second-order valence-electron chi connectivity index (χ2n) is 6.84. The van der Waals surface area contributed by atoms with Crippen molar-refractivity contribution in [2.75, 3.05) is 26.2 Å². The lowest BCUT2D eigenvalue weighted by Gasteiger charge is -2.47. The number of nitrogens with two attached hydrogens (primary N) is 1. The molecule has 3 rings (SSSR count). The number of nitrogens with zero attached hydrogens (tertiary/aromatic N) is 2. The number of ether oxygens (including phenoxy) is 1. The van der Waals surface area contributed by atoms with E-state index < -0.39 is 0 Å². The summed E-state index contributed by atoms with van der Waals surface area (Å²) in [6.45, 7) is 4.00. The third kappa shape index (κ3) is 3.27. The van der Waals surface area contributed by atoms with Gasteiger partial charge in [0.15, 0.2) is 5.96 Å². The summed E-state index contributed by atoms with van der Waals surface area (Å²) in [5.74, 6) is 1.45. The molecule has 1 unspecified atom stereocenters. The highest BCUT2D eigenvalue weighted by Crippen LogP contribution is 2.44. The van der Waals surface area contributed by atoms with Crippen LogP contribution in [0, 0.1) is 5.92 Å². The fourth-order valence-corrected chi connectivity index (χ4v) is 3.83. The van der Waals surface area contributed by atoms with Gasteiger partial charge in [-0.25, -0.2) is 0 Å². The molecule has 0 radical (unpaired) electrons. The smallest absolute Gasteiger partial charge is 0.191 e. The standard InChI is InChI=1S/C16H29N3O/c17-15(19-9-3-1-2-4-10-19)18-13-14-6-11-20-16(12-14)7-5-8-16/h14H,1-13H2,(H2,17,18). The second-order valence-corrected chi connectivity index (χ2v) is 6.84. The lowest BCUT2D eigenvalue weighted by atomic mass is 9.72. The molecule has 0 aromatic carbocycles. The summed E-state index contributed by atoms with van der Waals surface area (Å²) in [6, 6.07) is 0. The minimum atomic E-state index is 0.232. The van der Waals surface area contributed by atoms with Gasteiger partial charge < -0.3 is 15.4 Å². The van der Waals surface area contributed by atoms with Crippen molar-refractivity contribution in [2.24, 2.45) is 16.6 Å². The maximum atomic E-state index is 6.19. The van der Waals surface area contributed by atoms with Crippen molar-refractivity contribution in [1.29, 1.82) is 0 Å². The molecule has 2 heterocycles. The van der Waals surface area contributed by atoms with Gasteiger partial charge >= 0.3 is 0 Å². The van der Waals surface area contributed by atoms with Gasteiger partial charge in [0, 0.05) is 26.2 Å². The SMILES string of the molecule is NC(=NCC1CCOC2(CCC2)C1)N1CCCCCC1. The van der Waals surface area contributed by atoms with Gasteiger partial charge in [-0.2, -0.15) is 0 Å². The molecular weight excluding hydrogens is 250 g/mol. The highest BCUT2D eigenvalue weighted by Gasteiger charge is 2.42. The van der Waals surface area contributed by atoms with Gasteiger partial charge in [0.1, 0.15) is 0 Å². The van der Waals surface area contributed by atoms with Gasteiger partial charge in [0.05, 0.1) is 5.60 Å². The highest BCUT2D eigenvalue weighted by molar-refractivity contribution is 5.78. The van der Waals surface area contributed by atoms with Crippen molar-refractivity contribution >= 4 is 5.96 Å². The largest absolute Gasteiger partial charge is 0.375 e. The molecule has 3 fully saturated rings. The van der Waals surface area contributed by atoms with E-state index in [9.17, 15) is 0 Å². The Labute approximate surface area is 122 Å². The van der Waals surface area contributed by atoms with Crippen LogP contribution in [0.2, 0.25) is 0 Å². The molecule has 1 saturated carbocycles. The minimum absolute atomic E-state index is 0.232. The molecule has 1 aliphatic carbocycles. The van der Waals surface area contributed by atoms with Gasteiger partial charge in [-0.3, -0.25) is 4.99 Å². The Morgan fingerprint density at radius 2 is 1.90 bits per heavy atom. The van der Waals surface area contributed by atoms with Crippen LogP contribution < -0.4 is 5.73 Å². The molecule has 2 saturated heterocycles. The summed E-state index contributed by atoms with van der Waals surface area (Å²) in [4.78, 5) is 6.99. The van der Waals surface area contributed by atoms with Crippen LogP contribution >= 0.6 is 0 Å². The van der Waals surface area contributed by atoms with Crippen molar-refractivity contribution < 1.29 is 4.74 Å². The van der Waals surface area contributed by atoms with Crippen molar-refractivity contribution in [3.63, 3.8) is 0 Å². The van der Waals surface area contributed by atoms with Gasteiger partial charge in [-0.05, 0) is 50.9 Å². The number of hydrogen-bond acceptors (Lipinski definition) is 2. The van der Waals surface area contributed by atoms with Gasteiger partial charge in [-0.1, -0.05) is 12.8 Å². The number of hydrogen-bond donors (Lipinski definition) is 1. The third-order valence-corrected chi connectivity index (χ3v) is 5.30. The zero-order valence-electron chi connectivity index (χ0n) is 12.6. The zero-order valence-corrected chi connectivity index (χ0v) is 12.6. The third-order valence-electron chi connectivity index (χ3n) is 5.30. The normalized spacial score (nSPS) is 30.9. The summed E-state index contributed by atoms with van der Waals surface area (Å²) in [5, 5.41) is 0. The monoisotopic (exact) mass is 279 g/mol. The van der Waals surface area contributed by atoms with Crippen LogP contribution in [0.5, 0.6) is 0 Å². The van der Waals surface area contributed by atoms with Crippen molar-refractivity contribution in [2.45, 2.75) is 63.4 Å². The number of guanidine groups is 1. The van der Waals surface area contributed by atoms with E-state index in [1.54, 1.807) is 0 Å². The van der Waals surface area contributed by atoms with E-state index in [-0.39, 0.29) is 5.60 Å². The average molecular weight is 279 g/mol. The van der Waals surface area contributed by atoms with Crippen LogP contribution in [0.25, 0.3) is 0 Å². The molecule has 4 nitrogen and oxygen atoms in total. The summed E-state index contributed by atoms with van der Waals surface area (Å²) in [7, 11) is 0. The van der Waals surface area contributed by atoms with Crippen LogP contribution in [0.1, 0.15) is 57.8 Å². The molecule has 1 spiro atoms. The van der Waals surface area contributed by atoms with E-state index in [1.807, 2.05) is 0 Å². The average Bonchev–Trinajstić information content (AvgIpc) is 2.72. The molecule has 0 aromatic rings. The summed E-state index contributed by atoms with van der Waals surface area (Å²) in [6.07, 6.45) is 11.4. The lowest BCUT2D eigenvalue weighted by molar-refractivity contribution is -0.141. The van der Waals surface area contributed by atoms with Crippen molar-refractivity contribution in [1.82, 2.24) is 4.90 Å². The number of rotatable bonds is 2. The van der Waals surface area contributed by atoms with Crippen LogP contribution in [0.4, 0.5) is 0 Å². The summed E-state index contributed by atoms with van der Waals surface area (Å²) < 4.78 is 5.98. The molecule has 3 aliphatic rings. The van der Waals surface area contributed by atoms with E-state index >= 15 is 0 Å². The Morgan fingerprint density at radius 3 is 2.55 bits per heavy atom. The van der Waals surface area contributed by atoms with Crippen LogP contribution in [-0.2, 0) is 4.74 Å². The fraction of sp³-hybridized carbons (Fsp3) is 0.938. The maximum Gasteiger partial charge on any atom is 0.191 e. The Hall–Kier alpha value is -0.770. The second kappa shape index (κ2) is 6.33. The fourth-order valence-electron chi connectivity index (χ4n) is 3.83. The molecular formula is C16H29N3O. The van der Waals surface area contributed by atoms with Gasteiger partial charge in [0.25, 0.3) is 0 Å². The molecule has 20 heavy (non-hydrogen) atoms. The molecule has 4 heteroatoms. The predicted molar refractivity (Wildman–Crippen MR) is 81.8 cm³/mol. The maximum absolute atomic E-state index is 6.19. The van der Waals surface area contributed by atoms with Crippen molar-refractivity contribution in [3.05, 3.63) is 0 Å². The van der Waals surface area contributed by atoms with Crippen molar-refractivity contribution in [3.8, 4) is 0 Å². The van der Waals surface area contributed by atoms with Crippen LogP contribution in [-0.4, -0.2) is 42.7 Å². The number of aliphatic imine (C=N–C) groups is 1.